The number of rotatable bonds is 5. The number of benzene rings is 2. The molecular weight excluding hydrogens is 240 g/mol. The molecular formula is C15H16N2O2. The zero-order valence-corrected chi connectivity index (χ0v) is 10.5. The number of hydrogen-bond donors (Lipinski definition) is 2. The van der Waals surface area contributed by atoms with Gasteiger partial charge < -0.3 is 5.73 Å². The number of nitrogen functional groups attached to an aromatic ring is 1. The third kappa shape index (κ3) is 4.44. The smallest absolute Gasteiger partial charge is 0.247 e. The van der Waals surface area contributed by atoms with Crippen LogP contribution in [-0.4, -0.2) is 5.91 Å². The van der Waals surface area contributed by atoms with Crippen LogP contribution in [0, 0.1) is 0 Å². The van der Waals surface area contributed by atoms with Crippen LogP contribution in [0.25, 0.3) is 0 Å². The Morgan fingerprint density at radius 2 is 1.68 bits per heavy atom. The Hall–Kier alpha value is -2.33. The molecule has 0 bridgehead atoms. The van der Waals surface area contributed by atoms with Crippen molar-refractivity contribution >= 4 is 11.6 Å². The first-order valence-corrected chi connectivity index (χ1v) is 6.03. The molecule has 0 aliphatic carbocycles. The van der Waals surface area contributed by atoms with Gasteiger partial charge in [0.05, 0.1) is 13.0 Å². The zero-order chi connectivity index (χ0) is 13.5. The number of hydrogen-bond acceptors (Lipinski definition) is 3. The minimum atomic E-state index is -0.180. The third-order valence-electron chi connectivity index (χ3n) is 2.61. The van der Waals surface area contributed by atoms with Gasteiger partial charge in [-0.2, -0.15) is 0 Å². The van der Waals surface area contributed by atoms with E-state index in [2.05, 4.69) is 5.48 Å². The SMILES string of the molecule is Nc1ccc(CC(=O)NOCc2ccccc2)cc1. The molecule has 19 heavy (non-hydrogen) atoms. The minimum Gasteiger partial charge on any atom is -0.399 e. The predicted molar refractivity (Wildman–Crippen MR) is 73.9 cm³/mol. The van der Waals surface area contributed by atoms with Crippen molar-refractivity contribution in [1.29, 1.82) is 0 Å². The molecule has 2 rings (SSSR count). The van der Waals surface area contributed by atoms with Crippen molar-refractivity contribution in [3.8, 4) is 0 Å². The van der Waals surface area contributed by atoms with E-state index in [0.717, 1.165) is 11.1 Å². The average molecular weight is 256 g/mol. The maximum Gasteiger partial charge on any atom is 0.247 e. The van der Waals surface area contributed by atoms with Gasteiger partial charge in [-0.25, -0.2) is 5.48 Å². The van der Waals surface area contributed by atoms with Crippen LogP contribution in [0.4, 0.5) is 5.69 Å². The number of hydroxylamine groups is 1. The number of nitrogens with one attached hydrogen (secondary N) is 1. The van der Waals surface area contributed by atoms with Crippen molar-refractivity contribution < 1.29 is 9.63 Å². The molecule has 4 nitrogen and oxygen atoms in total. The van der Waals surface area contributed by atoms with Crippen LogP contribution in [0.2, 0.25) is 0 Å². The molecule has 0 unspecified atom stereocenters. The fourth-order valence-corrected chi connectivity index (χ4v) is 1.63. The Balaban J connectivity index is 1.74. The van der Waals surface area contributed by atoms with E-state index in [1.54, 1.807) is 12.1 Å². The van der Waals surface area contributed by atoms with Crippen molar-refractivity contribution in [1.82, 2.24) is 5.48 Å². The van der Waals surface area contributed by atoms with Crippen LogP contribution in [-0.2, 0) is 22.7 Å². The highest BCUT2D eigenvalue weighted by Crippen LogP contribution is 2.06. The molecule has 0 aliphatic heterocycles. The molecule has 0 saturated carbocycles. The summed E-state index contributed by atoms with van der Waals surface area (Å²) in [7, 11) is 0. The van der Waals surface area contributed by atoms with Crippen LogP contribution in [0.3, 0.4) is 0 Å². The monoisotopic (exact) mass is 256 g/mol. The fourth-order valence-electron chi connectivity index (χ4n) is 1.63. The highest BCUT2D eigenvalue weighted by atomic mass is 16.6. The van der Waals surface area contributed by atoms with Crippen LogP contribution in [0.5, 0.6) is 0 Å². The molecule has 0 saturated heterocycles. The van der Waals surface area contributed by atoms with Gasteiger partial charge in [-0.05, 0) is 23.3 Å². The van der Waals surface area contributed by atoms with Gasteiger partial charge in [0.25, 0.3) is 0 Å². The molecule has 0 spiro atoms. The van der Waals surface area contributed by atoms with E-state index in [1.165, 1.54) is 0 Å². The van der Waals surface area contributed by atoms with Crippen molar-refractivity contribution in [2.45, 2.75) is 13.0 Å². The van der Waals surface area contributed by atoms with Crippen LogP contribution < -0.4 is 11.2 Å². The van der Waals surface area contributed by atoms with Gasteiger partial charge >= 0.3 is 0 Å². The molecule has 0 atom stereocenters. The lowest BCUT2D eigenvalue weighted by molar-refractivity contribution is -0.133. The topological polar surface area (TPSA) is 64.4 Å². The first kappa shape index (κ1) is 13.1. The van der Waals surface area contributed by atoms with E-state index in [-0.39, 0.29) is 12.3 Å². The fraction of sp³-hybridized carbons (Fsp3) is 0.133. The van der Waals surface area contributed by atoms with Crippen molar-refractivity contribution in [3.63, 3.8) is 0 Å². The summed E-state index contributed by atoms with van der Waals surface area (Å²) in [6, 6.07) is 16.9. The quantitative estimate of drug-likeness (QED) is 0.635. The molecule has 0 heterocycles. The van der Waals surface area contributed by atoms with Gasteiger partial charge in [0.1, 0.15) is 0 Å². The van der Waals surface area contributed by atoms with Gasteiger partial charge in [0.2, 0.25) is 5.91 Å². The molecule has 1 amide bonds. The molecule has 3 N–H and O–H groups in total. The number of nitrogens with two attached hydrogens (primary N) is 1. The first-order valence-electron chi connectivity index (χ1n) is 6.03. The highest BCUT2D eigenvalue weighted by Gasteiger charge is 2.03. The second kappa shape index (κ2) is 6.56. The molecule has 2 aromatic rings. The number of carbonyl (C=O) groups excluding carboxylic acids is 1. The minimum absolute atomic E-state index is 0.180. The van der Waals surface area contributed by atoms with Crippen molar-refractivity contribution in [2.24, 2.45) is 0 Å². The van der Waals surface area contributed by atoms with Gasteiger partial charge in [-0.3, -0.25) is 9.63 Å². The van der Waals surface area contributed by atoms with Gasteiger partial charge in [-0.15, -0.1) is 0 Å². The van der Waals surface area contributed by atoms with Gasteiger partial charge in [-0.1, -0.05) is 42.5 Å². The Morgan fingerprint density at radius 3 is 2.37 bits per heavy atom. The summed E-state index contributed by atoms with van der Waals surface area (Å²) in [6.07, 6.45) is 0.273. The van der Waals surface area contributed by atoms with E-state index < -0.39 is 0 Å². The molecule has 0 aromatic heterocycles. The summed E-state index contributed by atoms with van der Waals surface area (Å²) in [5.74, 6) is -0.180. The lowest BCUT2D eigenvalue weighted by atomic mass is 10.1. The maximum atomic E-state index is 11.6. The molecule has 98 valence electrons. The summed E-state index contributed by atoms with van der Waals surface area (Å²) < 4.78 is 0. The summed E-state index contributed by atoms with van der Waals surface area (Å²) in [5, 5.41) is 0. The molecule has 0 radical (unpaired) electrons. The number of carbonyl (C=O) groups is 1. The standard InChI is InChI=1S/C15H16N2O2/c16-14-8-6-12(7-9-14)10-15(18)17-19-11-13-4-2-1-3-5-13/h1-9H,10-11,16H2,(H,17,18). The van der Waals surface area contributed by atoms with E-state index >= 15 is 0 Å². The Labute approximate surface area is 112 Å². The summed E-state index contributed by atoms with van der Waals surface area (Å²) in [4.78, 5) is 16.8. The molecule has 4 heteroatoms. The van der Waals surface area contributed by atoms with Gasteiger partial charge in [0, 0.05) is 5.69 Å². The van der Waals surface area contributed by atoms with E-state index in [4.69, 9.17) is 10.6 Å². The van der Waals surface area contributed by atoms with Crippen molar-refractivity contribution in [2.75, 3.05) is 5.73 Å². The first-order chi connectivity index (χ1) is 9.24. The van der Waals surface area contributed by atoms with E-state index in [1.807, 2.05) is 42.5 Å². The lowest BCUT2D eigenvalue weighted by Gasteiger charge is -2.06. The third-order valence-corrected chi connectivity index (χ3v) is 2.61. The summed E-state index contributed by atoms with van der Waals surface area (Å²) in [6.45, 7) is 0.355. The summed E-state index contributed by atoms with van der Waals surface area (Å²) >= 11 is 0. The molecule has 0 aliphatic rings. The second-order valence-electron chi connectivity index (χ2n) is 4.22. The lowest BCUT2D eigenvalue weighted by Crippen LogP contribution is -2.25. The maximum absolute atomic E-state index is 11.6. The largest absolute Gasteiger partial charge is 0.399 e. The molecule has 0 fully saturated rings. The van der Waals surface area contributed by atoms with Crippen LogP contribution >= 0.6 is 0 Å². The zero-order valence-electron chi connectivity index (χ0n) is 10.5. The number of anilines is 1. The summed E-state index contributed by atoms with van der Waals surface area (Å²) in [5.41, 5.74) is 10.6. The Kier molecular flexibility index (Phi) is 4.53. The van der Waals surface area contributed by atoms with Crippen LogP contribution in [0.15, 0.2) is 54.6 Å². The van der Waals surface area contributed by atoms with Gasteiger partial charge in [0.15, 0.2) is 0 Å². The van der Waals surface area contributed by atoms with E-state index in [9.17, 15) is 4.79 Å². The highest BCUT2D eigenvalue weighted by molar-refractivity contribution is 5.77. The average Bonchev–Trinajstić information content (AvgIpc) is 2.43. The Bertz CT molecular complexity index is 524. The number of amides is 1. The normalized spacial score (nSPS) is 10.1. The van der Waals surface area contributed by atoms with Crippen molar-refractivity contribution in [3.05, 3.63) is 65.7 Å². The second-order valence-corrected chi connectivity index (χ2v) is 4.22. The predicted octanol–water partition coefficient (Wildman–Crippen LogP) is 2.06. The van der Waals surface area contributed by atoms with E-state index in [0.29, 0.717) is 12.3 Å². The van der Waals surface area contributed by atoms with Crippen LogP contribution in [0.1, 0.15) is 11.1 Å². The Morgan fingerprint density at radius 1 is 1.00 bits per heavy atom. The molecule has 2 aromatic carbocycles.